The van der Waals surface area contributed by atoms with Crippen molar-refractivity contribution in [1.82, 2.24) is 9.97 Å². The van der Waals surface area contributed by atoms with E-state index >= 15 is 0 Å². The SMILES string of the molecule is c1ccc(Nc2cc(-c3ccc4c(c3)OCO4)ccn2)nc1. The summed E-state index contributed by atoms with van der Waals surface area (Å²) < 4.78 is 10.8. The molecule has 0 spiro atoms. The maximum Gasteiger partial charge on any atom is 0.231 e. The van der Waals surface area contributed by atoms with Gasteiger partial charge >= 0.3 is 0 Å². The highest BCUT2D eigenvalue weighted by atomic mass is 16.7. The number of hydrogen-bond donors (Lipinski definition) is 1. The predicted octanol–water partition coefficient (Wildman–Crippen LogP) is 3.62. The second kappa shape index (κ2) is 5.37. The smallest absolute Gasteiger partial charge is 0.231 e. The summed E-state index contributed by atoms with van der Waals surface area (Å²) in [6.07, 6.45) is 3.51. The Bertz CT molecular complexity index is 806. The van der Waals surface area contributed by atoms with Crippen molar-refractivity contribution in [1.29, 1.82) is 0 Å². The Balaban J connectivity index is 1.64. The minimum atomic E-state index is 0.279. The van der Waals surface area contributed by atoms with Crippen LogP contribution in [-0.2, 0) is 0 Å². The zero-order valence-electron chi connectivity index (χ0n) is 11.7. The normalized spacial score (nSPS) is 12.2. The molecule has 5 heteroatoms. The van der Waals surface area contributed by atoms with Gasteiger partial charge in [0, 0.05) is 12.4 Å². The number of anilines is 2. The van der Waals surface area contributed by atoms with E-state index in [1.54, 1.807) is 12.4 Å². The van der Waals surface area contributed by atoms with E-state index in [4.69, 9.17) is 9.47 Å². The highest BCUT2D eigenvalue weighted by Gasteiger charge is 2.14. The summed E-state index contributed by atoms with van der Waals surface area (Å²) in [6.45, 7) is 0.279. The quantitative estimate of drug-likeness (QED) is 0.798. The van der Waals surface area contributed by atoms with Gasteiger partial charge in [-0.1, -0.05) is 12.1 Å². The first kappa shape index (κ1) is 12.6. The van der Waals surface area contributed by atoms with Crippen LogP contribution in [0.3, 0.4) is 0 Å². The number of nitrogens with one attached hydrogen (secondary N) is 1. The maximum atomic E-state index is 5.42. The highest BCUT2D eigenvalue weighted by Crippen LogP contribution is 2.36. The minimum absolute atomic E-state index is 0.279. The summed E-state index contributed by atoms with van der Waals surface area (Å²) in [7, 11) is 0. The van der Waals surface area contributed by atoms with Crippen LogP contribution < -0.4 is 14.8 Å². The number of ether oxygens (including phenoxy) is 2. The number of pyridine rings is 2. The molecule has 0 aliphatic carbocycles. The van der Waals surface area contributed by atoms with Gasteiger partial charge in [0.2, 0.25) is 6.79 Å². The van der Waals surface area contributed by atoms with E-state index < -0.39 is 0 Å². The lowest BCUT2D eigenvalue weighted by molar-refractivity contribution is 0.174. The monoisotopic (exact) mass is 291 g/mol. The molecule has 0 amide bonds. The van der Waals surface area contributed by atoms with Gasteiger partial charge in [-0.3, -0.25) is 0 Å². The van der Waals surface area contributed by atoms with E-state index in [0.717, 1.165) is 34.3 Å². The third-order valence-electron chi connectivity index (χ3n) is 3.39. The molecule has 1 aliphatic rings. The van der Waals surface area contributed by atoms with Crippen LogP contribution in [0.4, 0.5) is 11.6 Å². The third-order valence-corrected chi connectivity index (χ3v) is 3.39. The molecule has 0 saturated heterocycles. The molecule has 1 aromatic carbocycles. The average molecular weight is 291 g/mol. The van der Waals surface area contributed by atoms with Gasteiger partial charge in [-0.05, 0) is 47.5 Å². The maximum absolute atomic E-state index is 5.42. The van der Waals surface area contributed by atoms with Crippen LogP contribution in [0, 0.1) is 0 Å². The summed E-state index contributed by atoms with van der Waals surface area (Å²) in [5.74, 6) is 3.06. The average Bonchev–Trinajstić information content (AvgIpc) is 3.04. The van der Waals surface area contributed by atoms with Crippen molar-refractivity contribution >= 4 is 11.6 Å². The summed E-state index contributed by atoms with van der Waals surface area (Å²) in [6, 6.07) is 15.5. The lowest BCUT2D eigenvalue weighted by Crippen LogP contribution is -1.95. The fourth-order valence-electron chi connectivity index (χ4n) is 2.32. The first-order valence-corrected chi connectivity index (χ1v) is 6.93. The number of nitrogens with zero attached hydrogens (tertiary/aromatic N) is 2. The lowest BCUT2D eigenvalue weighted by atomic mass is 10.1. The summed E-state index contributed by atoms with van der Waals surface area (Å²) >= 11 is 0. The fourth-order valence-corrected chi connectivity index (χ4v) is 2.32. The Labute approximate surface area is 127 Å². The van der Waals surface area contributed by atoms with Crippen LogP contribution >= 0.6 is 0 Å². The van der Waals surface area contributed by atoms with Crippen molar-refractivity contribution in [3.63, 3.8) is 0 Å². The molecule has 3 heterocycles. The molecule has 1 N–H and O–H groups in total. The van der Waals surface area contributed by atoms with Crippen LogP contribution in [0.2, 0.25) is 0 Å². The predicted molar refractivity (Wildman–Crippen MR) is 83.3 cm³/mol. The van der Waals surface area contributed by atoms with Gasteiger partial charge in [0.15, 0.2) is 11.5 Å². The van der Waals surface area contributed by atoms with Crippen molar-refractivity contribution in [3.8, 4) is 22.6 Å². The van der Waals surface area contributed by atoms with E-state index in [1.807, 2.05) is 48.5 Å². The van der Waals surface area contributed by atoms with Gasteiger partial charge in [-0.2, -0.15) is 0 Å². The van der Waals surface area contributed by atoms with Crippen LogP contribution in [0.15, 0.2) is 60.9 Å². The van der Waals surface area contributed by atoms with E-state index in [0.29, 0.717) is 0 Å². The molecule has 3 aromatic rings. The van der Waals surface area contributed by atoms with E-state index in [9.17, 15) is 0 Å². The van der Waals surface area contributed by atoms with Crippen LogP contribution in [0.5, 0.6) is 11.5 Å². The molecule has 5 nitrogen and oxygen atoms in total. The van der Waals surface area contributed by atoms with Crippen LogP contribution in [-0.4, -0.2) is 16.8 Å². The summed E-state index contributed by atoms with van der Waals surface area (Å²) in [4.78, 5) is 8.56. The van der Waals surface area contributed by atoms with E-state index in [1.165, 1.54) is 0 Å². The largest absolute Gasteiger partial charge is 0.454 e. The Kier molecular flexibility index (Phi) is 3.08. The molecule has 0 unspecified atom stereocenters. The molecule has 22 heavy (non-hydrogen) atoms. The molecular formula is C17H13N3O2. The number of fused-ring (bicyclic) bond motifs is 1. The van der Waals surface area contributed by atoms with Gasteiger partial charge in [0.1, 0.15) is 11.6 Å². The third kappa shape index (κ3) is 2.44. The molecule has 1 aliphatic heterocycles. The molecule has 0 radical (unpaired) electrons. The molecule has 108 valence electrons. The Morgan fingerprint density at radius 1 is 0.773 bits per heavy atom. The van der Waals surface area contributed by atoms with Crippen molar-refractivity contribution in [2.75, 3.05) is 12.1 Å². The van der Waals surface area contributed by atoms with Gasteiger partial charge in [-0.15, -0.1) is 0 Å². The molecule has 4 rings (SSSR count). The molecule has 2 aromatic heterocycles. The second-order valence-electron chi connectivity index (χ2n) is 4.84. The van der Waals surface area contributed by atoms with Crippen molar-refractivity contribution in [2.24, 2.45) is 0 Å². The van der Waals surface area contributed by atoms with E-state index in [2.05, 4.69) is 15.3 Å². The summed E-state index contributed by atoms with van der Waals surface area (Å²) in [5, 5.41) is 3.19. The highest BCUT2D eigenvalue weighted by molar-refractivity contribution is 5.70. The van der Waals surface area contributed by atoms with Crippen LogP contribution in [0.25, 0.3) is 11.1 Å². The van der Waals surface area contributed by atoms with Crippen molar-refractivity contribution in [2.45, 2.75) is 0 Å². The molecule has 0 bridgehead atoms. The standard InChI is InChI=1S/C17H13N3O2/c1-2-7-18-16(3-1)20-17-10-13(6-8-19-17)12-4-5-14-15(9-12)22-11-21-14/h1-10H,11H2,(H,18,19,20). The topological polar surface area (TPSA) is 56.3 Å². The fraction of sp³-hybridized carbons (Fsp3) is 0.0588. The van der Waals surface area contributed by atoms with Crippen LogP contribution in [0.1, 0.15) is 0 Å². The number of hydrogen-bond acceptors (Lipinski definition) is 5. The zero-order chi connectivity index (χ0) is 14.8. The number of rotatable bonds is 3. The Morgan fingerprint density at radius 2 is 1.64 bits per heavy atom. The first-order valence-electron chi connectivity index (χ1n) is 6.93. The number of aromatic nitrogens is 2. The first-order chi connectivity index (χ1) is 10.9. The van der Waals surface area contributed by atoms with Gasteiger partial charge in [0.05, 0.1) is 0 Å². The zero-order valence-corrected chi connectivity index (χ0v) is 11.7. The minimum Gasteiger partial charge on any atom is -0.454 e. The molecule has 0 saturated carbocycles. The summed E-state index contributed by atoms with van der Waals surface area (Å²) in [5.41, 5.74) is 2.10. The van der Waals surface area contributed by atoms with Gasteiger partial charge in [-0.25, -0.2) is 9.97 Å². The molecule has 0 atom stereocenters. The van der Waals surface area contributed by atoms with Crippen molar-refractivity contribution < 1.29 is 9.47 Å². The van der Waals surface area contributed by atoms with E-state index in [-0.39, 0.29) is 6.79 Å². The van der Waals surface area contributed by atoms with Gasteiger partial charge < -0.3 is 14.8 Å². The second-order valence-corrected chi connectivity index (χ2v) is 4.84. The molecular weight excluding hydrogens is 278 g/mol. The Hall–Kier alpha value is -3.08. The van der Waals surface area contributed by atoms with Gasteiger partial charge in [0.25, 0.3) is 0 Å². The molecule has 0 fully saturated rings. The number of benzene rings is 1. The lowest BCUT2D eigenvalue weighted by Gasteiger charge is -2.07. The van der Waals surface area contributed by atoms with Crippen molar-refractivity contribution in [3.05, 3.63) is 60.9 Å². The Morgan fingerprint density at radius 3 is 2.55 bits per heavy atom.